The van der Waals surface area contributed by atoms with Crippen molar-refractivity contribution in [3.63, 3.8) is 0 Å². The van der Waals surface area contributed by atoms with Gasteiger partial charge in [-0.05, 0) is 47.5 Å². The van der Waals surface area contributed by atoms with E-state index in [0.29, 0.717) is 17.8 Å². The van der Waals surface area contributed by atoms with Gasteiger partial charge in [0.1, 0.15) is 6.04 Å². The van der Waals surface area contributed by atoms with Crippen molar-refractivity contribution >= 4 is 28.8 Å². The van der Waals surface area contributed by atoms with Crippen LogP contribution in [0.3, 0.4) is 0 Å². The summed E-state index contributed by atoms with van der Waals surface area (Å²) in [7, 11) is 0. The molecule has 1 aromatic heterocycles. The Bertz CT molecular complexity index is 981. The van der Waals surface area contributed by atoms with Gasteiger partial charge in [-0.25, -0.2) is 0 Å². The number of nitrogens with zero attached hydrogens (tertiary/aromatic N) is 1. The Morgan fingerprint density at radius 1 is 0.903 bits per heavy atom. The van der Waals surface area contributed by atoms with E-state index in [-0.39, 0.29) is 11.8 Å². The number of carbonyl (C=O) groups is 2. The molecule has 6 heteroatoms. The average Bonchev–Trinajstić information content (AvgIpc) is 3.53. The maximum Gasteiger partial charge on any atom is 0.262 e. The first-order valence-electron chi connectivity index (χ1n) is 10.7. The number of nitrogens with one attached hydrogen (secondary N) is 2. The van der Waals surface area contributed by atoms with Gasteiger partial charge in [0.05, 0.1) is 4.88 Å². The molecule has 0 aliphatic carbocycles. The van der Waals surface area contributed by atoms with Crippen LogP contribution < -0.4 is 15.5 Å². The Hall–Kier alpha value is -3.12. The molecule has 2 heterocycles. The van der Waals surface area contributed by atoms with Crippen molar-refractivity contribution in [1.29, 1.82) is 0 Å². The maximum atomic E-state index is 13.0. The first-order chi connectivity index (χ1) is 15.2. The lowest BCUT2D eigenvalue weighted by molar-refractivity contribution is -0.123. The molecule has 4 rings (SSSR count). The Kier molecular flexibility index (Phi) is 6.99. The zero-order valence-electron chi connectivity index (χ0n) is 17.4. The number of carbonyl (C=O) groups excluding carboxylic acids is 2. The van der Waals surface area contributed by atoms with E-state index >= 15 is 0 Å². The fourth-order valence-corrected chi connectivity index (χ4v) is 4.44. The summed E-state index contributed by atoms with van der Waals surface area (Å²) in [4.78, 5) is 28.5. The molecule has 2 N–H and O–H groups in total. The molecule has 31 heavy (non-hydrogen) atoms. The zero-order valence-corrected chi connectivity index (χ0v) is 18.2. The molecule has 1 atom stereocenters. The highest BCUT2D eigenvalue weighted by Gasteiger charge is 2.22. The van der Waals surface area contributed by atoms with E-state index in [1.54, 1.807) is 6.07 Å². The lowest BCUT2D eigenvalue weighted by atomic mass is 10.0. The standard InChI is InChI=1S/C25H27N3O2S/c29-24(26-18-20-10-12-21(13-11-20)28-14-4-5-15-28)22(17-19-7-2-1-3-8-19)27-25(30)23-9-6-16-31-23/h1-3,6-13,16,22H,4-5,14-15,17-18H2,(H,26,29)(H,27,30). The predicted octanol–water partition coefficient (Wildman–Crippen LogP) is 4.01. The summed E-state index contributed by atoms with van der Waals surface area (Å²) in [5.41, 5.74) is 3.28. The van der Waals surface area contributed by atoms with E-state index in [0.717, 1.165) is 24.2 Å². The van der Waals surface area contributed by atoms with Gasteiger partial charge < -0.3 is 15.5 Å². The molecule has 2 amide bonds. The fraction of sp³-hybridized carbons (Fsp3) is 0.280. The van der Waals surface area contributed by atoms with Gasteiger partial charge in [-0.1, -0.05) is 48.5 Å². The van der Waals surface area contributed by atoms with Gasteiger partial charge in [0, 0.05) is 31.7 Å². The number of hydrogen-bond acceptors (Lipinski definition) is 4. The van der Waals surface area contributed by atoms with Crippen LogP contribution >= 0.6 is 11.3 Å². The fourth-order valence-electron chi connectivity index (χ4n) is 3.81. The second kappa shape index (κ2) is 10.3. The molecule has 1 aliphatic rings. The third kappa shape index (κ3) is 5.73. The van der Waals surface area contributed by atoms with E-state index in [9.17, 15) is 9.59 Å². The smallest absolute Gasteiger partial charge is 0.262 e. The first-order valence-corrected chi connectivity index (χ1v) is 11.6. The summed E-state index contributed by atoms with van der Waals surface area (Å²) < 4.78 is 0. The van der Waals surface area contributed by atoms with Crippen LogP contribution in [-0.4, -0.2) is 30.9 Å². The Morgan fingerprint density at radius 3 is 2.32 bits per heavy atom. The summed E-state index contributed by atoms with van der Waals surface area (Å²) in [6.45, 7) is 2.65. The molecule has 1 fully saturated rings. The summed E-state index contributed by atoms with van der Waals surface area (Å²) in [5, 5.41) is 7.75. The van der Waals surface area contributed by atoms with Crippen LogP contribution in [0.25, 0.3) is 0 Å². The van der Waals surface area contributed by atoms with Crippen molar-refractivity contribution in [2.24, 2.45) is 0 Å². The Labute approximate surface area is 187 Å². The molecule has 0 radical (unpaired) electrons. The number of rotatable bonds is 8. The highest BCUT2D eigenvalue weighted by molar-refractivity contribution is 7.12. The third-order valence-corrected chi connectivity index (χ3v) is 6.39. The maximum absolute atomic E-state index is 13.0. The van der Waals surface area contributed by atoms with Crippen LogP contribution in [0.5, 0.6) is 0 Å². The van der Waals surface area contributed by atoms with Gasteiger partial charge in [-0.3, -0.25) is 9.59 Å². The van der Waals surface area contributed by atoms with Crippen molar-refractivity contribution in [1.82, 2.24) is 10.6 Å². The van der Waals surface area contributed by atoms with E-state index in [1.165, 1.54) is 29.9 Å². The number of thiophene rings is 1. The lowest BCUT2D eigenvalue weighted by Crippen LogP contribution is -2.47. The molecule has 3 aromatic rings. The molecular formula is C25H27N3O2S. The zero-order chi connectivity index (χ0) is 21.5. The monoisotopic (exact) mass is 433 g/mol. The molecule has 160 valence electrons. The van der Waals surface area contributed by atoms with Crippen molar-refractivity contribution in [3.05, 3.63) is 88.1 Å². The van der Waals surface area contributed by atoms with E-state index < -0.39 is 6.04 Å². The first kappa shape index (κ1) is 21.1. The normalized spacial score (nSPS) is 14.3. The van der Waals surface area contributed by atoms with Gasteiger partial charge in [0.25, 0.3) is 5.91 Å². The van der Waals surface area contributed by atoms with Crippen molar-refractivity contribution in [2.45, 2.75) is 31.8 Å². The SMILES string of the molecule is O=C(NC(Cc1ccccc1)C(=O)NCc1ccc(N2CCCC2)cc1)c1cccs1. The van der Waals surface area contributed by atoms with Gasteiger partial charge >= 0.3 is 0 Å². The minimum Gasteiger partial charge on any atom is -0.372 e. The van der Waals surface area contributed by atoms with Gasteiger partial charge in [0.15, 0.2) is 0 Å². The van der Waals surface area contributed by atoms with Crippen LogP contribution in [0, 0.1) is 0 Å². The van der Waals surface area contributed by atoms with Crippen LogP contribution in [0.1, 0.15) is 33.6 Å². The molecule has 1 aliphatic heterocycles. The molecule has 5 nitrogen and oxygen atoms in total. The molecule has 0 spiro atoms. The summed E-state index contributed by atoms with van der Waals surface area (Å²) in [6, 6.07) is 21.1. The van der Waals surface area contributed by atoms with Gasteiger partial charge in [-0.2, -0.15) is 0 Å². The van der Waals surface area contributed by atoms with Crippen molar-refractivity contribution in [3.8, 4) is 0 Å². The Morgan fingerprint density at radius 2 is 1.65 bits per heavy atom. The molecule has 1 saturated heterocycles. The quantitative estimate of drug-likeness (QED) is 0.564. The molecular weight excluding hydrogens is 406 g/mol. The predicted molar refractivity (Wildman–Crippen MR) is 125 cm³/mol. The largest absolute Gasteiger partial charge is 0.372 e. The highest BCUT2D eigenvalue weighted by Crippen LogP contribution is 2.20. The van der Waals surface area contributed by atoms with E-state index in [4.69, 9.17) is 0 Å². The van der Waals surface area contributed by atoms with E-state index in [2.05, 4.69) is 39.8 Å². The van der Waals surface area contributed by atoms with Gasteiger partial charge in [0.2, 0.25) is 5.91 Å². The van der Waals surface area contributed by atoms with Crippen molar-refractivity contribution < 1.29 is 9.59 Å². The molecule has 1 unspecified atom stereocenters. The lowest BCUT2D eigenvalue weighted by Gasteiger charge is -2.19. The number of amides is 2. The second-order valence-corrected chi connectivity index (χ2v) is 8.72. The summed E-state index contributed by atoms with van der Waals surface area (Å²) >= 11 is 1.37. The third-order valence-electron chi connectivity index (χ3n) is 5.52. The van der Waals surface area contributed by atoms with Crippen LogP contribution in [0.2, 0.25) is 0 Å². The number of anilines is 1. The van der Waals surface area contributed by atoms with Crippen LogP contribution in [0.15, 0.2) is 72.1 Å². The highest BCUT2D eigenvalue weighted by atomic mass is 32.1. The molecule has 0 saturated carbocycles. The van der Waals surface area contributed by atoms with Crippen molar-refractivity contribution in [2.75, 3.05) is 18.0 Å². The number of hydrogen-bond donors (Lipinski definition) is 2. The van der Waals surface area contributed by atoms with E-state index in [1.807, 2.05) is 41.8 Å². The van der Waals surface area contributed by atoms with Gasteiger partial charge in [-0.15, -0.1) is 11.3 Å². The average molecular weight is 434 g/mol. The molecule has 0 bridgehead atoms. The summed E-state index contributed by atoms with van der Waals surface area (Å²) in [6.07, 6.45) is 2.94. The molecule has 2 aromatic carbocycles. The minimum absolute atomic E-state index is 0.183. The topological polar surface area (TPSA) is 61.4 Å². The minimum atomic E-state index is -0.638. The Balaban J connectivity index is 1.39. The van der Waals surface area contributed by atoms with Crippen LogP contribution in [-0.2, 0) is 17.8 Å². The second-order valence-electron chi connectivity index (χ2n) is 7.77. The number of benzene rings is 2. The summed E-state index contributed by atoms with van der Waals surface area (Å²) in [5.74, 6) is -0.404. The van der Waals surface area contributed by atoms with Crippen LogP contribution in [0.4, 0.5) is 5.69 Å².